The quantitative estimate of drug-likeness (QED) is 0.596. The van der Waals surface area contributed by atoms with Crippen molar-refractivity contribution in [3.05, 3.63) is 34.3 Å². The molecule has 0 saturated carbocycles. The van der Waals surface area contributed by atoms with Gasteiger partial charge in [-0.1, -0.05) is 55.8 Å². The highest BCUT2D eigenvalue weighted by Crippen LogP contribution is 2.37. The molecule has 1 heterocycles. The Kier molecular flexibility index (Phi) is 8.82. The van der Waals surface area contributed by atoms with Crippen LogP contribution < -0.4 is 0 Å². The minimum absolute atomic E-state index is 0.0452. The van der Waals surface area contributed by atoms with E-state index in [4.69, 9.17) is 4.74 Å². The van der Waals surface area contributed by atoms with Crippen LogP contribution >= 0.6 is 15.9 Å². The number of nitrogens with zero attached hydrogens (tertiary/aromatic N) is 1. The smallest absolute Gasteiger partial charge is 0.410 e. The number of likely N-dealkylation sites (tertiary alicyclic amines) is 1. The maximum atomic E-state index is 14.5. The molecule has 0 atom stereocenters. The van der Waals surface area contributed by atoms with Crippen molar-refractivity contribution >= 4 is 22.0 Å². The van der Waals surface area contributed by atoms with E-state index in [-0.39, 0.29) is 13.1 Å². The number of carbonyl (C=O) groups is 1. The molecule has 23 heavy (non-hydrogen) atoms. The Labute approximate surface area is 148 Å². The fourth-order valence-electron chi connectivity index (χ4n) is 1.95. The Balaban J connectivity index is 0.00000112. The van der Waals surface area contributed by atoms with Crippen molar-refractivity contribution in [3.8, 4) is 0 Å². The molecule has 1 aromatic rings. The number of amides is 1. The van der Waals surface area contributed by atoms with Crippen molar-refractivity contribution in [1.82, 2.24) is 4.90 Å². The first-order valence-corrected chi connectivity index (χ1v) is 8.92. The van der Waals surface area contributed by atoms with Gasteiger partial charge >= 0.3 is 6.09 Å². The van der Waals surface area contributed by atoms with E-state index in [2.05, 4.69) is 15.9 Å². The molecule has 0 aliphatic carbocycles. The van der Waals surface area contributed by atoms with E-state index in [9.17, 15) is 9.18 Å². The topological polar surface area (TPSA) is 29.5 Å². The first-order chi connectivity index (χ1) is 10.7. The minimum atomic E-state index is -1.46. The number of alkyl halides is 1. The average molecular weight is 390 g/mol. The second-order valence-electron chi connectivity index (χ2n) is 5.81. The third kappa shape index (κ3) is 6.50. The van der Waals surface area contributed by atoms with Crippen molar-refractivity contribution in [2.24, 2.45) is 0 Å². The number of carbonyl (C=O) groups excluding carboxylic acids is 1. The summed E-state index contributed by atoms with van der Waals surface area (Å²) in [6.07, 6.45) is -0.460. The molecule has 0 unspecified atom stereocenters. The average Bonchev–Trinajstić information content (AvgIpc) is 2.47. The van der Waals surface area contributed by atoms with Crippen LogP contribution in [0.4, 0.5) is 9.18 Å². The van der Waals surface area contributed by atoms with Crippen LogP contribution in [0.25, 0.3) is 0 Å². The Bertz CT molecular complexity index is 477. The molecule has 1 fully saturated rings. The molecule has 0 bridgehead atoms. The zero-order chi connectivity index (χ0) is 18.3. The van der Waals surface area contributed by atoms with Gasteiger partial charge in [-0.15, -0.1) is 0 Å². The van der Waals surface area contributed by atoms with Gasteiger partial charge in [-0.3, -0.25) is 0 Å². The molecule has 1 aliphatic heterocycles. The zero-order valence-corrected chi connectivity index (χ0v) is 16.8. The first-order valence-electron chi connectivity index (χ1n) is 8.12. The lowest BCUT2D eigenvalue weighted by atomic mass is 9.88. The molecule has 0 aromatic heterocycles. The molecule has 132 valence electrons. The van der Waals surface area contributed by atoms with Gasteiger partial charge < -0.3 is 9.64 Å². The van der Waals surface area contributed by atoms with Crippen LogP contribution in [0.2, 0.25) is 0 Å². The Morgan fingerprint density at radius 3 is 1.96 bits per heavy atom. The number of ether oxygens (including phenoxy) is 1. The van der Waals surface area contributed by atoms with Crippen molar-refractivity contribution in [2.45, 2.75) is 59.7 Å². The third-order valence-corrected chi connectivity index (χ3v) is 3.42. The summed E-state index contributed by atoms with van der Waals surface area (Å²) in [6, 6.07) is 7.06. The molecular formula is C18H29BrFNO2. The minimum Gasteiger partial charge on any atom is -0.444 e. The highest BCUT2D eigenvalue weighted by atomic mass is 79.9. The van der Waals surface area contributed by atoms with E-state index in [1.807, 2.05) is 27.7 Å². The van der Waals surface area contributed by atoms with Crippen molar-refractivity contribution in [2.75, 3.05) is 13.1 Å². The monoisotopic (exact) mass is 389 g/mol. The summed E-state index contributed by atoms with van der Waals surface area (Å²) in [4.78, 5) is 13.1. The largest absolute Gasteiger partial charge is 0.444 e. The molecule has 1 aliphatic rings. The lowest BCUT2D eigenvalue weighted by molar-refractivity contribution is -0.0537. The van der Waals surface area contributed by atoms with E-state index >= 15 is 0 Å². The van der Waals surface area contributed by atoms with Gasteiger partial charge in [-0.25, -0.2) is 9.18 Å². The lowest BCUT2D eigenvalue weighted by Crippen LogP contribution is -2.59. The Hall–Kier alpha value is -1.10. The van der Waals surface area contributed by atoms with Crippen molar-refractivity contribution in [3.63, 3.8) is 0 Å². The van der Waals surface area contributed by atoms with Crippen LogP contribution in [0.15, 0.2) is 28.7 Å². The summed E-state index contributed by atoms with van der Waals surface area (Å²) in [7, 11) is 0. The summed E-state index contributed by atoms with van der Waals surface area (Å²) in [5.74, 6) is 0. The second kappa shape index (κ2) is 9.26. The predicted octanol–water partition coefficient (Wildman–Crippen LogP) is 5.92. The van der Waals surface area contributed by atoms with Crippen molar-refractivity contribution in [1.29, 1.82) is 0 Å². The standard InChI is InChI=1S/C14H17BrFNO2.2C2H6/c1-13(2,3)19-12(18)17-8-14(16,9-17)10-4-6-11(15)7-5-10;2*1-2/h4-7H,8-9H2,1-3H3;2*1-2H3. The first kappa shape index (κ1) is 21.9. The highest BCUT2D eigenvalue weighted by Gasteiger charge is 2.48. The van der Waals surface area contributed by atoms with E-state index in [1.54, 1.807) is 45.0 Å². The van der Waals surface area contributed by atoms with E-state index in [1.165, 1.54) is 4.90 Å². The number of hydrogen-bond acceptors (Lipinski definition) is 2. The maximum absolute atomic E-state index is 14.5. The van der Waals surface area contributed by atoms with Gasteiger partial charge in [0, 0.05) is 4.47 Å². The van der Waals surface area contributed by atoms with Gasteiger partial charge in [0.25, 0.3) is 0 Å². The number of halogens is 2. The Morgan fingerprint density at radius 2 is 1.57 bits per heavy atom. The number of hydrogen-bond donors (Lipinski definition) is 0. The molecule has 1 aromatic carbocycles. The van der Waals surface area contributed by atoms with E-state index < -0.39 is 17.4 Å². The summed E-state index contributed by atoms with van der Waals surface area (Å²) >= 11 is 3.31. The van der Waals surface area contributed by atoms with Gasteiger partial charge in [0.05, 0.1) is 13.1 Å². The number of rotatable bonds is 1. The highest BCUT2D eigenvalue weighted by molar-refractivity contribution is 9.10. The molecule has 2 rings (SSSR count). The van der Waals surface area contributed by atoms with Gasteiger partial charge in [0.15, 0.2) is 5.67 Å². The van der Waals surface area contributed by atoms with Gasteiger partial charge in [0.1, 0.15) is 5.60 Å². The van der Waals surface area contributed by atoms with Crippen molar-refractivity contribution < 1.29 is 13.9 Å². The molecule has 3 nitrogen and oxygen atoms in total. The maximum Gasteiger partial charge on any atom is 0.410 e. The van der Waals surface area contributed by atoms with Crippen LogP contribution in [0.3, 0.4) is 0 Å². The van der Waals surface area contributed by atoms with Gasteiger partial charge in [-0.2, -0.15) is 0 Å². The summed E-state index contributed by atoms with van der Waals surface area (Å²) in [6.45, 7) is 13.5. The van der Waals surface area contributed by atoms with E-state index in [0.717, 1.165) is 4.47 Å². The summed E-state index contributed by atoms with van der Waals surface area (Å²) in [5.41, 5.74) is -1.42. The molecule has 0 radical (unpaired) electrons. The van der Waals surface area contributed by atoms with Crippen LogP contribution in [-0.4, -0.2) is 29.7 Å². The van der Waals surface area contributed by atoms with Crippen LogP contribution in [0.1, 0.15) is 54.0 Å². The van der Waals surface area contributed by atoms with Crippen LogP contribution in [0.5, 0.6) is 0 Å². The summed E-state index contributed by atoms with van der Waals surface area (Å²) in [5, 5.41) is 0. The molecule has 1 amide bonds. The zero-order valence-electron chi connectivity index (χ0n) is 15.2. The van der Waals surface area contributed by atoms with Gasteiger partial charge in [0.2, 0.25) is 0 Å². The Morgan fingerprint density at radius 1 is 1.13 bits per heavy atom. The lowest BCUT2D eigenvalue weighted by Gasteiger charge is -2.44. The molecular weight excluding hydrogens is 361 g/mol. The predicted molar refractivity (Wildman–Crippen MR) is 97.4 cm³/mol. The SMILES string of the molecule is CC.CC.CC(C)(C)OC(=O)N1CC(F)(c2ccc(Br)cc2)C1. The van der Waals surface area contributed by atoms with Crippen LogP contribution in [0, 0.1) is 0 Å². The summed E-state index contributed by atoms with van der Waals surface area (Å²) < 4.78 is 20.7. The second-order valence-corrected chi connectivity index (χ2v) is 6.72. The van der Waals surface area contributed by atoms with Crippen LogP contribution in [-0.2, 0) is 10.4 Å². The van der Waals surface area contributed by atoms with E-state index in [0.29, 0.717) is 5.56 Å². The van der Waals surface area contributed by atoms with Gasteiger partial charge in [-0.05, 0) is 38.5 Å². The number of benzene rings is 1. The third-order valence-electron chi connectivity index (χ3n) is 2.90. The fourth-order valence-corrected chi connectivity index (χ4v) is 2.21. The normalized spacial score (nSPS) is 15.3. The molecule has 5 heteroatoms. The fraction of sp³-hybridized carbons (Fsp3) is 0.611. The molecule has 0 spiro atoms. The molecule has 0 N–H and O–H groups in total. The molecule has 1 saturated heterocycles.